The van der Waals surface area contributed by atoms with Crippen molar-refractivity contribution in [3.05, 3.63) is 94.0 Å². The van der Waals surface area contributed by atoms with Gasteiger partial charge in [-0.05, 0) is 67.5 Å². The molecular formula is C23H24. The predicted molar refractivity (Wildman–Crippen MR) is 100 cm³/mol. The van der Waals surface area contributed by atoms with E-state index in [2.05, 4.69) is 88.4 Å². The van der Waals surface area contributed by atoms with Gasteiger partial charge in [0.1, 0.15) is 0 Å². The van der Waals surface area contributed by atoms with Gasteiger partial charge in [0.15, 0.2) is 0 Å². The van der Waals surface area contributed by atoms with Gasteiger partial charge in [-0.25, -0.2) is 0 Å². The van der Waals surface area contributed by atoms with Crippen LogP contribution >= 0.6 is 0 Å². The van der Waals surface area contributed by atoms with Gasteiger partial charge < -0.3 is 0 Å². The van der Waals surface area contributed by atoms with Gasteiger partial charge in [-0.1, -0.05) is 71.8 Å². The molecule has 0 N–H and O–H groups in total. The van der Waals surface area contributed by atoms with Crippen LogP contribution in [0.4, 0.5) is 0 Å². The van der Waals surface area contributed by atoms with Gasteiger partial charge in [-0.15, -0.1) is 0 Å². The van der Waals surface area contributed by atoms with E-state index in [4.69, 9.17) is 0 Å². The number of benzene rings is 3. The molecule has 0 fully saturated rings. The molecule has 3 aromatic carbocycles. The molecule has 0 aromatic heterocycles. The Kier molecular flexibility index (Phi) is 4.34. The van der Waals surface area contributed by atoms with Gasteiger partial charge in [0.25, 0.3) is 0 Å². The van der Waals surface area contributed by atoms with Crippen molar-refractivity contribution in [1.82, 2.24) is 0 Å². The van der Waals surface area contributed by atoms with Gasteiger partial charge in [-0.2, -0.15) is 0 Å². The molecule has 3 rings (SSSR count). The molecule has 3 aromatic rings. The van der Waals surface area contributed by atoms with E-state index in [1.165, 1.54) is 44.5 Å². The van der Waals surface area contributed by atoms with Crippen LogP contribution in [0.2, 0.25) is 0 Å². The minimum Gasteiger partial charge on any atom is -0.0614 e. The lowest BCUT2D eigenvalue weighted by molar-refractivity contribution is 1.12. The first kappa shape index (κ1) is 15.6. The second kappa shape index (κ2) is 6.42. The number of aryl methyl sites for hydroxylation is 4. The van der Waals surface area contributed by atoms with Gasteiger partial charge in [-0.3, -0.25) is 0 Å². The SMILES string of the molecule is Cc1cccc(-c2ccc(Cc3ccc(C)cc3C)c(C)c2)c1. The fourth-order valence-corrected chi connectivity index (χ4v) is 3.15. The van der Waals surface area contributed by atoms with E-state index in [9.17, 15) is 0 Å². The van der Waals surface area contributed by atoms with Crippen LogP contribution in [0.15, 0.2) is 60.7 Å². The summed E-state index contributed by atoms with van der Waals surface area (Å²) in [5.74, 6) is 0. The summed E-state index contributed by atoms with van der Waals surface area (Å²) < 4.78 is 0. The highest BCUT2D eigenvalue weighted by Crippen LogP contribution is 2.25. The molecule has 0 saturated carbocycles. The first-order chi connectivity index (χ1) is 11.0. The van der Waals surface area contributed by atoms with Crippen LogP contribution in [0.3, 0.4) is 0 Å². The van der Waals surface area contributed by atoms with E-state index in [1.54, 1.807) is 0 Å². The van der Waals surface area contributed by atoms with Crippen molar-refractivity contribution in [2.75, 3.05) is 0 Å². The third kappa shape index (κ3) is 3.53. The molecule has 0 spiro atoms. The minimum absolute atomic E-state index is 1.01. The van der Waals surface area contributed by atoms with Crippen LogP contribution in [0.5, 0.6) is 0 Å². The Bertz CT molecular complexity index is 840. The predicted octanol–water partition coefficient (Wildman–Crippen LogP) is 6.18. The Morgan fingerprint density at radius 1 is 0.565 bits per heavy atom. The summed E-state index contributed by atoms with van der Waals surface area (Å²) in [4.78, 5) is 0. The van der Waals surface area contributed by atoms with Crippen molar-refractivity contribution in [2.24, 2.45) is 0 Å². The lowest BCUT2D eigenvalue weighted by atomic mass is 9.93. The monoisotopic (exact) mass is 300 g/mol. The molecule has 0 aliphatic heterocycles. The molecule has 0 aliphatic carbocycles. The van der Waals surface area contributed by atoms with Crippen LogP contribution in [0, 0.1) is 27.7 Å². The Morgan fingerprint density at radius 3 is 1.83 bits per heavy atom. The zero-order valence-corrected chi connectivity index (χ0v) is 14.5. The van der Waals surface area contributed by atoms with Crippen LogP contribution in [0.25, 0.3) is 11.1 Å². The molecule has 0 aliphatic rings. The van der Waals surface area contributed by atoms with Crippen molar-refractivity contribution in [3.8, 4) is 11.1 Å². The minimum atomic E-state index is 1.01. The molecule has 23 heavy (non-hydrogen) atoms. The zero-order chi connectivity index (χ0) is 16.4. The van der Waals surface area contributed by atoms with Crippen LogP contribution in [-0.4, -0.2) is 0 Å². The largest absolute Gasteiger partial charge is 0.0614 e. The number of hydrogen-bond acceptors (Lipinski definition) is 0. The molecule has 0 radical (unpaired) electrons. The average Bonchev–Trinajstić information content (AvgIpc) is 2.51. The molecule has 0 unspecified atom stereocenters. The van der Waals surface area contributed by atoms with E-state index in [1.807, 2.05) is 0 Å². The second-order valence-corrected chi connectivity index (χ2v) is 6.62. The van der Waals surface area contributed by atoms with Crippen LogP contribution in [-0.2, 0) is 6.42 Å². The Balaban J connectivity index is 1.90. The molecule has 0 heteroatoms. The molecule has 0 saturated heterocycles. The first-order valence-electron chi connectivity index (χ1n) is 8.25. The first-order valence-corrected chi connectivity index (χ1v) is 8.25. The summed E-state index contributed by atoms with van der Waals surface area (Å²) in [7, 11) is 0. The fraction of sp³-hybridized carbons (Fsp3) is 0.217. The topological polar surface area (TPSA) is 0 Å². The lowest BCUT2D eigenvalue weighted by Gasteiger charge is -2.12. The summed E-state index contributed by atoms with van der Waals surface area (Å²) in [6, 6.07) is 22.3. The molecule has 0 amide bonds. The Morgan fingerprint density at radius 2 is 1.17 bits per heavy atom. The molecule has 0 heterocycles. The van der Waals surface area contributed by atoms with E-state index in [0.717, 1.165) is 6.42 Å². The van der Waals surface area contributed by atoms with E-state index in [0.29, 0.717) is 0 Å². The van der Waals surface area contributed by atoms with Crippen LogP contribution in [0.1, 0.15) is 33.4 Å². The highest BCUT2D eigenvalue weighted by Gasteiger charge is 2.06. The summed E-state index contributed by atoms with van der Waals surface area (Å²) in [5, 5.41) is 0. The Hall–Kier alpha value is -2.34. The molecule has 0 nitrogen and oxygen atoms in total. The van der Waals surface area contributed by atoms with Crippen molar-refractivity contribution >= 4 is 0 Å². The van der Waals surface area contributed by atoms with Crippen molar-refractivity contribution in [3.63, 3.8) is 0 Å². The second-order valence-electron chi connectivity index (χ2n) is 6.62. The van der Waals surface area contributed by atoms with Crippen molar-refractivity contribution in [1.29, 1.82) is 0 Å². The van der Waals surface area contributed by atoms with Gasteiger partial charge >= 0.3 is 0 Å². The third-order valence-corrected chi connectivity index (χ3v) is 4.57. The third-order valence-electron chi connectivity index (χ3n) is 4.57. The van der Waals surface area contributed by atoms with Gasteiger partial charge in [0.05, 0.1) is 0 Å². The fourth-order valence-electron chi connectivity index (χ4n) is 3.15. The summed E-state index contributed by atoms with van der Waals surface area (Å²) >= 11 is 0. The molecule has 0 bridgehead atoms. The molecular weight excluding hydrogens is 276 g/mol. The van der Waals surface area contributed by atoms with E-state index >= 15 is 0 Å². The van der Waals surface area contributed by atoms with Gasteiger partial charge in [0.2, 0.25) is 0 Å². The molecule has 116 valence electrons. The standard InChI is InChI=1S/C23H24/c1-16-6-5-7-22(13-16)23-11-10-21(19(4)14-23)15-20-9-8-17(2)12-18(20)3/h5-14H,15H2,1-4H3. The zero-order valence-electron chi connectivity index (χ0n) is 14.5. The highest BCUT2D eigenvalue weighted by molar-refractivity contribution is 5.65. The summed E-state index contributed by atoms with van der Waals surface area (Å²) in [6.07, 6.45) is 1.01. The maximum atomic E-state index is 2.31. The quantitative estimate of drug-likeness (QED) is 0.542. The maximum absolute atomic E-state index is 2.31. The normalized spacial score (nSPS) is 10.8. The van der Waals surface area contributed by atoms with Crippen molar-refractivity contribution in [2.45, 2.75) is 34.1 Å². The van der Waals surface area contributed by atoms with E-state index < -0.39 is 0 Å². The number of hydrogen-bond donors (Lipinski definition) is 0. The Labute approximate surface area is 139 Å². The summed E-state index contributed by atoms with van der Waals surface area (Å²) in [5.41, 5.74) is 10.8. The summed E-state index contributed by atoms with van der Waals surface area (Å²) in [6.45, 7) is 8.72. The van der Waals surface area contributed by atoms with Crippen LogP contribution < -0.4 is 0 Å². The van der Waals surface area contributed by atoms with Gasteiger partial charge in [0, 0.05) is 0 Å². The van der Waals surface area contributed by atoms with Crippen molar-refractivity contribution < 1.29 is 0 Å². The number of rotatable bonds is 3. The highest BCUT2D eigenvalue weighted by atomic mass is 14.1. The lowest BCUT2D eigenvalue weighted by Crippen LogP contribution is -1.95. The average molecular weight is 300 g/mol. The van der Waals surface area contributed by atoms with E-state index in [-0.39, 0.29) is 0 Å². The maximum Gasteiger partial charge on any atom is -0.00205 e. The smallest absolute Gasteiger partial charge is 0.00205 e. The molecule has 0 atom stereocenters.